The van der Waals surface area contributed by atoms with Crippen LogP contribution < -0.4 is 4.74 Å². The number of hydrogen-bond donors (Lipinski definition) is 0. The minimum atomic E-state index is -0.557. The number of hydrogen-bond acceptors (Lipinski definition) is 5. The van der Waals surface area contributed by atoms with Gasteiger partial charge in [-0.3, -0.25) is 9.59 Å². The fraction of sp³-hybridized carbons (Fsp3) is 0.409. The maximum Gasteiger partial charge on any atom is 0.410 e. The Hall–Kier alpha value is -3.27. The molecule has 0 aliphatic carbocycles. The molecule has 2 amide bonds. The fourth-order valence-electron chi connectivity index (χ4n) is 2.62. The number of carbonyl (C=O) groups is 3. The minimum Gasteiger partial charge on any atom is -0.481 e. The Bertz CT molecular complexity index is 807. The van der Waals surface area contributed by atoms with Crippen molar-refractivity contribution < 1.29 is 23.9 Å². The van der Waals surface area contributed by atoms with Gasteiger partial charge in [-0.15, -0.1) is 6.42 Å². The highest BCUT2D eigenvalue weighted by Gasteiger charge is 2.27. The van der Waals surface area contributed by atoms with Crippen LogP contribution >= 0.6 is 0 Å². The van der Waals surface area contributed by atoms with Crippen LogP contribution in [-0.4, -0.2) is 66.0 Å². The molecule has 1 aromatic carbocycles. The van der Waals surface area contributed by atoms with E-state index in [9.17, 15) is 14.4 Å². The van der Waals surface area contributed by atoms with E-state index in [0.717, 1.165) is 0 Å². The number of ketones is 1. The van der Waals surface area contributed by atoms with Crippen molar-refractivity contribution in [3.8, 4) is 18.1 Å². The van der Waals surface area contributed by atoms with Gasteiger partial charge in [-0.05, 0) is 51.1 Å². The number of ether oxygens (including phenoxy) is 2. The summed E-state index contributed by atoms with van der Waals surface area (Å²) in [6.45, 7) is 7.14. The highest BCUT2D eigenvalue weighted by molar-refractivity contribution is 6.07. The summed E-state index contributed by atoms with van der Waals surface area (Å²) in [7, 11) is 0. The van der Waals surface area contributed by atoms with E-state index in [-0.39, 0.29) is 24.4 Å². The van der Waals surface area contributed by atoms with Gasteiger partial charge in [0.25, 0.3) is 0 Å². The second-order valence-corrected chi connectivity index (χ2v) is 7.51. The van der Waals surface area contributed by atoms with Crippen molar-refractivity contribution in [1.29, 1.82) is 0 Å². The van der Waals surface area contributed by atoms with Crippen molar-refractivity contribution in [2.24, 2.45) is 0 Å². The molecule has 1 saturated heterocycles. The molecule has 0 unspecified atom stereocenters. The summed E-state index contributed by atoms with van der Waals surface area (Å²) >= 11 is 0. The van der Waals surface area contributed by atoms with Gasteiger partial charge in [-0.25, -0.2) is 4.79 Å². The van der Waals surface area contributed by atoms with E-state index < -0.39 is 5.60 Å². The van der Waals surface area contributed by atoms with E-state index in [1.54, 1.807) is 34.1 Å². The number of terminal acetylenes is 1. The summed E-state index contributed by atoms with van der Waals surface area (Å²) in [5.74, 6) is 2.39. The molecule has 1 aromatic rings. The maximum absolute atomic E-state index is 12.3. The summed E-state index contributed by atoms with van der Waals surface area (Å²) in [6, 6.07) is 6.53. The molecule has 1 aliphatic heterocycles. The van der Waals surface area contributed by atoms with Gasteiger partial charge in [0.05, 0.1) is 0 Å². The third-order valence-corrected chi connectivity index (χ3v) is 4.08. The van der Waals surface area contributed by atoms with Gasteiger partial charge in [0.2, 0.25) is 5.91 Å². The van der Waals surface area contributed by atoms with Crippen LogP contribution in [0.2, 0.25) is 0 Å². The molecule has 154 valence electrons. The maximum atomic E-state index is 12.3. The van der Waals surface area contributed by atoms with Crippen LogP contribution in [0.1, 0.15) is 31.1 Å². The highest BCUT2D eigenvalue weighted by atomic mass is 16.6. The lowest BCUT2D eigenvalue weighted by Gasteiger charge is -2.35. The van der Waals surface area contributed by atoms with E-state index >= 15 is 0 Å². The van der Waals surface area contributed by atoms with E-state index in [1.807, 2.05) is 20.8 Å². The monoisotopic (exact) mass is 398 g/mol. The normalized spacial score (nSPS) is 14.4. The lowest BCUT2D eigenvalue weighted by Crippen LogP contribution is -2.51. The van der Waals surface area contributed by atoms with E-state index in [0.29, 0.717) is 37.5 Å². The molecule has 0 atom stereocenters. The van der Waals surface area contributed by atoms with Gasteiger partial charge in [0, 0.05) is 37.8 Å². The minimum absolute atomic E-state index is 0.156. The molecule has 0 spiro atoms. The zero-order valence-corrected chi connectivity index (χ0v) is 17.0. The largest absolute Gasteiger partial charge is 0.481 e. The number of amides is 2. The first-order chi connectivity index (χ1) is 13.7. The number of carbonyl (C=O) groups excluding carboxylic acids is 3. The van der Waals surface area contributed by atoms with Crippen LogP contribution in [0.3, 0.4) is 0 Å². The Morgan fingerprint density at radius 2 is 1.62 bits per heavy atom. The first kappa shape index (κ1) is 22.0. The molecular formula is C22H26N2O5. The summed E-state index contributed by atoms with van der Waals surface area (Å²) in [5.41, 5.74) is -0.115. The van der Waals surface area contributed by atoms with Gasteiger partial charge in [0.1, 0.15) is 18.0 Å². The molecule has 0 bridgehead atoms. The molecule has 1 heterocycles. The lowest BCUT2D eigenvalue weighted by atomic mass is 10.1. The number of nitrogens with zero attached hydrogens (tertiary/aromatic N) is 2. The second kappa shape index (κ2) is 9.78. The van der Waals surface area contributed by atoms with Crippen molar-refractivity contribution >= 4 is 17.8 Å². The van der Waals surface area contributed by atoms with Crippen molar-refractivity contribution in [1.82, 2.24) is 9.80 Å². The smallest absolute Gasteiger partial charge is 0.410 e. The van der Waals surface area contributed by atoms with E-state index in [1.165, 1.54) is 12.2 Å². The third kappa shape index (κ3) is 7.00. The molecule has 29 heavy (non-hydrogen) atoms. The van der Waals surface area contributed by atoms with Crippen LogP contribution in [0.15, 0.2) is 36.4 Å². The van der Waals surface area contributed by atoms with Crippen LogP contribution in [-0.2, 0) is 9.53 Å². The van der Waals surface area contributed by atoms with Gasteiger partial charge in [0.15, 0.2) is 5.78 Å². The Kier molecular flexibility index (Phi) is 7.43. The lowest BCUT2D eigenvalue weighted by molar-refractivity contribution is -0.127. The van der Waals surface area contributed by atoms with Crippen molar-refractivity contribution in [3.63, 3.8) is 0 Å². The zero-order valence-electron chi connectivity index (χ0n) is 17.0. The summed E-state index contributed by atoms with van der Waals surface area (Å²) in [5, 5.41) is 0. The number of rotatable bonds is 5. The zero-order chi connectivity index (χ0) is 21.4. The third-order valence-electron chi connectivity index (χ3n) is 4.08. The molecule has 0 aromatic heterocycles. The standard InChI is InChI=1S/C22H26N2O5/c1-5-16-28-18-8-6-17(7-9-18)19(25)10-11-20(26)23-12-14-24(15-13-23)21(27)29-22(2,3)4/h1,6-11H,12-16H2,2-4H3/b11-10+. The van der Waals surface area contributed by atoms with Gasteiger partial charge in [-0.2, -0.15) is 0 Å². The van der Waals surface area contributed by atoms with Gasteiger partial charge >= 0.3 is 6.09 Å². The Morgan fingerprint density at radius 3 is 2.17 bits per heavy atom. The van der Waals surface area contributed by atoms with Crippen molar-refractivity contribution in [2.45, 2.75) is 26.4 Å². The first-order valence-corrected chi connectivity index (χ1v) is 9.35. The first-order valence-electron chi connectivity index (χ1n) is 9.35. The van der Waals surface area contributed by atoms with E-state index in [4.69, 9.17) is 15.9 Å². The molecule has 0 N–H and O–H groups in total. The Morgan fingerprint density at radius 1 is 1.03 bits per heavy atom. The number of benzene rings is 1. The molecule has 7 heteroatoms. The molecule has 1 fully saturated rings. The molecule has 7 nitrogen and oxygen atoms in total. The van der Waals surface area contributed by atoms with Crippen LogP contribution in [0, 0.1) is 12.3 Å². The van der Waals surface area contributed by atoms with Gasteiger partial charge in [-0.1, -0.05) is 5.92 Å². The van der Waals surface area contributed by atoms with E-state index in [2.05, 4.69) is 5.92 Å². The molecule has 0 radical (unpaired) electrons. The fourth-order valence-corrected chi connectivity index (χ4v) is 2.62. The Labute approximate surface area is 171 Å². The summed E-state index contributed by atoms with van der Waals surface area (Å²) in [6.07, 6.45) is 7.25. The molecular weight excluding hydrogens is 372 g/mol. The predicted molar refractivity (Wildman–Crippen MR) is 109 cm³/mol. The van der Waals surface area contributed by atoms with Crippen molar-refractivity contribution in [3.05, 3.63) is 42.0 Å². The topological polar surface area (TPSA) is 76.2 Å². The number of allylic oxidation sites excluding steroid dienone is 1. The van der Waals surface area contributed by atoms with Crippen molar-refractivity contribution in [2.75, 3.05) is 32.8 Å². The SMILES string of the molecule is C#CCOc1ccc(C(=O)/C=C/C(=O)N2CCN(C(=O)OC(C)(C)C)CC2)cc1. The average molecular weight is 398 g/mol. The second-order valence-electron chi connectivity index (χ2n) is 7.51. The Balaban J connectivity index is 1.84. The summed E-state index contributed by atoms with van der Waals surface area (Å²) in [4.78, 5) is 39.8. The van der Waals surface area contributed by atoms with Crippen LogP contribution in [0.4, 0.5) is 4.79 Å². The van der Waals surface area contributed by atoms with Crippen LogP contribution in [0.25, 0.3) is 0 Å². The number of piperazine rings is 1. The molecule has 1 aliphatic rings. The average Bonchev–Trinajstić information content (AvgIpc) is 2.69. The van der Waals surface area contributed by atoms with Gasteiger partial charge < -0.3 is 19.3 Å². The predicted octanol–water partition coefficient (Wildman–Crippen LogP) is 2.52. The highest BCUT2D eigenvalue weighted by Crippen LogP contribution is 2.14. The summed E-state index contributed by atoms with van der Waals surface area (Å²) < 4.78 is 10.6. The molecule has 0 saturated carbocycles. The van der Waals surface area contributed by atoms with Crippen LogP contribution in [0.5, 0.6) is 5.75 Å². The quantitative estimate of drug-likeness (QED) is 0.433. The molecule has 2 rings (SSSR count).